The van der Waals surface area contributed by atoms with Crippen molar-refractivity contribution in [3.05, 3.63) is 12.5 Å². The van der Waals surface area contributed by atoms with E-state index in [4.69, 9.17) is 9.15 Å². The van der Waals surface area contributed by atoms with Crippen LogP contribution in [0.25, 0.3) is 0 Å². The van der Waals surface area contributed by atoms with Crippen molar-refractivity contribution in [3.8, 4) is 0 Å². The zero-order chi connectivity index (χ0) is 15.2. The Bertz CT molecular complexity index is 409. The number of hydrogen-bond donors (Lipinski definition) is 1. The summed E-state index contributed by atoms with van der Waals surface area (Å²) in [4.78, 5) is 16.3. The van der Waals surface area contributed by atoms with Crippen molar-refractivity contribution in [2.24, 2.45) is 0 Å². The fraction of sp³-hybridized carbons (Fsp3) is 0.714. The molecule has 0 aliphatic carbocycles. The van der Waals surface area contributed by atoms with Crippen LogP contribution in [0.5, 0.6) is 0 Å². The molecule has 2 atom stereocenters. The maximum Gasteiger partial charge on any atom is 0.326 e. The molecule has 0 saturated carbocycles. The summed E-state index contributed by atoms with van der Waals surface area (Å²) in [6, 6.07) is 0.198. The minimum atomic E-state index is -0.705. The number of carbonyl (C=O) groups is 1. The number of hydrogen-bond acceptors (Lipinski definition) is 6. The largest absolute Gasteiger partial charge is 0.465 e. The molecule has 0 aliphatic rings. The number of thioether (sulfide) groups is 1. The number of nitrogens with one attached hydrogen (secondary N) is 1. The molecule has 114 valence electrons. The lowest BCUT2D eigenvalue weighted by Crippen LogP contribution is -2.54. The Morgan fingerprint density at radius 3 is 2.75 bits per heavy atom. The van der Waals surface area contributed by atoms with Gasteiger partial charge < -0.3 is 9.15 Å². The third-order valence-electron chi connectivity index (χ3n) is 2.74. The van der Waals surface area contributed by atoms with Gasteiger partial charge in [0.2, 0.25) is 0 Å². The van der Waals surface area contributed by atoms with E-state index < -0.39 is 5.54 Å². The molecular formula is C14H24N2O3S. The minimum Gasteiger partial charge on any atom is -0.465 e. The summed E-state index contributed by atoms with van der Waals surface area (Å²) in [5.41, 5.74) is -0.705. The van der Waals surface area contributed by atoms with E-state index in [9.17, 15) is 4.79 Å². The van der Waals surface area contributed by atoms with Gasteiger partial charge in [-0.1, -0.05) is 18.7 Å². The standard InChI is InChI=1S/C14H24N2O3S/c1-6-18-12(17)14(5,16-10(2)3)9-11(4)20-13-15-7-8-19-13/h7-8,10-11,16H,6,9H2,1-5H3. The topological polar surface area (TPSA) is 64.4 Å². The Labute approximate surface area is 124 Å². The van der Waals surface area contributed by atoms with Gasteiger partial charge in [-0.15, -0.1) is 0 Å². The zero-order valence-electron chi connectivity index (χ0n) is 12.8. The summed E-state index contributed by atoms with van der Waals surface area (Å²) in [7, 11) is 0. The SMILES string of the molecule is CCOC(=O)C(C)(CC(C)Sc1ncco1)NC(C)C. The zero-order valence-corrected chi connectivity index (χ0v) is 13.6. The first-order chi connectivity index (χ1) is 9.37. The molecule has 0 radical (unpaired) electrons. The molecule has 1 N–H and O–H groups in total. The van der Waals surface area contributed by atoms with Crippen LogP contribution in [0.15, 0.2) is 22.1 Å². The van der Waals surface area contributed by atoms with Crippen LogP contribution in [0.2, 0.25) is 0 Å². The van der Waals surface area contributed by atoms with Crippen LogP contribution in [0.1, 0.15) is 41.0 Å². The highest BCUT2D eigenvalue weighted by Crippen LogP contribution is 2.28. The number of carbonyl (C=O) groups excluding carboxylic acids is 1. The number of ether oxygens (including phenoxy) is 1. The number of rotatable bonds is 8. The second kappa shape index (κ2) is 7.69. The van der Waals surface area contributed by atoms with E-state index >= 15 is 0 Å². The summed E-state index contributed by atoms with van der Waals surface area (Å²) in [6.07, 6.45) is 3.80. The number of esters is 1. The van der Waals surface area contributed by atoms with Gasteiger partial charge in [-0.2, -0.15) is 0 Å². The Kier molecular flexibility index (Phi) is 6.55. The summed E-state index contributed by atoms with van der Waals surface area (Å²) in [5, 5.41) is 4.11. The Morgan fingerprint density at radius 1 is 1.55 bits per heavy atom. The van der Waals surface area contributed by atoms with Crippen molar-refractivity contribution in [2.75, 3.05) is 6.61 Å². The molecule has 5 nitrogen and oxygen atoms in total. The van der Waals surface area contributed by atoms with Crippen molar-refractivity contribution >= 4 is 17.7 Å². The highest BCUT2D eigenvalue weighted by molar-refractivity contribution is 7.99. The van der Waals surface area contributed by atoms with Crippen molar-refractivity contribution in [1.29, 1.82) is 0 Å². The summed E-state index contributed by atoms with van der Waals surface area (Å²) in [6.45, 7) is 10.2. The fourth-order valence-corrected chi connectivity index (χ4v) is 3.18. The molecule has 0 spiro atoms. The molecule has 0 fully saturated rings. The van der Waals surface area contributed by atoms with Gasteiger partial charge >= 0.3 is 5.97 Å². The molecule has 6 heteroatoms. The molecule has 2 unspecified atom stereocenters. The Hall–Kier alpha value is -1.01. The lowest BCUT2D eigenvalue weighted by atomic mass is 9.95. The molecular weight excluding hydrogens is 276 g/mol. The van der Waals surface area contributed by atoms with E-state index in [2.05, 4.69) is 10.3 Å². The predicted molar refractivity (Wildman–Crippen MR) is 79.7 cm³/mol. The second-order valence-electron chi connectivity index (χ2n) is 5.28. The molecule has 0 amide bonds. The summed E-state index contributed by atoms with van der Waals surface area (Å²) >= 11 is 1.51. The van der Waals surface area contributed by atoms with Crippen molar-refractivity contribution in [1.82, 2.24) is 10.3 Å². The Morgan fingerprint density at radius 2 is 2.25 bits per heavy atom. The van der Waals surface area contributed by atoms with Gasteiger partial charge in [0, 0.05) is 11.3 Å². The average Bonchev–Trinajstić information content (AvgIpc) is 2.80. The highest BCUT2D eigenvalue weighted by atomic mass is 32.2. The quantitative estimate of drug-likeness (QED) is 0.588. The summed E-state index contributed by atoms with van der Waals surface area (Å²) in [5.74, 6) is -0.214. The molecule has 0 aliphatic heterocycles. The van der Waals surface area contributed by atoms with Gasteiger partial charge in [0.1, 0.15) is 11.8 Å². The van der Waals surface area contributed by atoms with Crippen molar-refractivity contribution in [2.45, 2.75) is 63.1 Å². The normalized spacial score (nSPS) is 15.9. The van der Waals surface area contributed by atoms with Gasteiger partial charge in [0.15, 0.2) is 0 Å². The number of oxazole rings is 1. The molecule has 20 heavy (non-hydrogen) atoms. The number of nitrogens with zero attached hydrogens (tertiary/aromatic N) is 1. The predicted octanol–water partition coefficient (Wildman–Crippen LogP) is 2.87. The van der Waals surface area contributed by atoms with E-state index in [1.54, 1.807) is 12.5 Å². The third-order valence-corrected chi connectivity index (χ3v) is 3.71. The second-order valence-corrected chi connectivity index (χ2v) is 6.67. The molecule has 0 bridgehead atoms. The van der Waals surface area contributed by atoms with E-state index in [1.807, 2.05) is 34.6 Å². The first-order valence-electron chi connectivity index (χ1n) is 6.88. The van der Waals surface area contributed by atoms with Crippen LogP contribution in [-0.4, -0.2) is 34.4 Å². The third kappa shape index (κ3) is 5.17. The molecule has 1 aromatic heterocycles. The molecule has 1 heterocycles. The van der Waals surface area contributed by atoms with Crippen molar-refractivity contribution < 1.29 is 13.9 Å². The van der Waals surface area contributed by atoms with Gasteiger partial charge in [0.05, 0.1) is 12.8 Å². The number of aromatic nitrogens is 1. The van der Waals surface area contributed by atoms with E-state index in [-0.39, 0.29) is 17.3 Å². The molecule has 0 aromatic carbocycles. The van der Waals surface area contributed by atoms with Crippen LogP contribution in [0, 0.1) is 0 Å². The molecule has 0 saturated heterocycles. The first kappa shape index (κ1) is 17.0. The molecule has 1 rings (SSSR count). The van der Waals surface area contributed by atoms with E-state index in [1.165, 1.54) is 11.8 Å². The van der Waals surface area contributed by atoms with Crippen LogP contribution < -0.4 is 5.32 Å². The summed E-state index contributed by atoms with van der Waals surface area (Å²) < 4.78 is 10.4. The molecule has 1 aromatic rings. The average molecular weight is 300 g/mol. The van der Waals surface area contributed by atoms with Crippen LogP contribution in [0.4, 0.5) is 0 Å². The maximum atomic E-state index is 12.2. The van der Waals surface area contributed by atoms with Crippen LogP contribution in [0.3, 0.4) is 0 Å². The lowest BCUT2D eigenvalue weighted by molar-refractivity contribution is -0.151. The van der Waals surface area contributed by atoms with Gasteiger partial charge in [-0.3, -0.25) is 10.1 Å². The first-order valence-corrected chi connectivity index (χ1v) is 7.76. The maximum absolute atomic E-state index is 12.2. The highest BCUT2D eigenvalue weighted by Gasteiger charge is 2.37. The van der Waals surface area contributed by atoms with Gasteiger partial charge in [0.25, 0.3) is 5.22 Å². The van der Waals surface area contributed by atoms with E-state index in [0.29, 0.717) is 18.3 Å². The van der Waals surface area contributed by atoms with E-state index in [0.717, 1.165) is 0 Å². The van der Waals surface area contributed by atoms with Crippen LogP contribution in [-0.2, 0) is 9.53 Å². The fourth-order valence-electron chi connectivity index (χ4n) is 2.19. The van der Waals surface area contributed by atoms with Crippen molar-refractivity contribution in [3.63, 3.8) is 0 Å². The Balaban J connectivity index is 2.70. The monoisotopic (exact) mass is 300 g/mol. The van der Waals surface area contributed by atoms with Crippen LogP contribution >= 0.6 is 11.8 Å². The lowest BCUT2D eigenvalue weighted by Gasteiger charge is -2.32. The van der Waals surface area contributed by atoms with Gasteiger partial charge in [-0.05, 0) is 34.1 Å². The van der Waals surface area contributed by atoms with Gasteiger partial charge in [-0.25, -0.2) is 4.98 Å². The smallest absolute Gasteiger partial charge is 0.326 e. The minimum absolute atomic E-state index is 0.175.